The minimum atomic E-state index is 0.877. The van der Waals surface area contributed by atoms with Crippen LogP contribution in [-0.4, -0.2) is 14.5 Å². The number of nitrogens with zero attached hydrogens (tertiary/aromatic N) is 3. The summed E-state index contributed by atoms with van der Waals surface area (Å²) in [6.45, 7) is 0. The molecule has 0 N–H and O–H groups in total. The van der Waals surface area contributed by atoms with Gasteiger partial charge in [-0.05, 0) is 47.0 Å². The van der Waals surface area contributed by atoms with Gasteiger partial charge in [0.05, 0.1) is 22.1 Å². The fourth-order valence-electron chi connectivity index (χ4n) is 6.94. The molecule has 1 aliphatic heterocycles. The van der Waals surface area contributed by atoms with Crippen molar-refractivity contribution < 1.29 is 0 Å². The van der Waals surface area contributed by atoms with E-state index in [1.807, 2.05) is 23.5 Å². The number of hydrogen-bond donors (Lipinski definition) is 0. The molecule has 0 aliphatic carbocycles. The van der Waals surface area contributed by atoms with Crippen LogP contribution in [0.2, 0.25) is 0 Å². The molecule has 0 saturated carbocycles. The summed E-state index contributed by atoms with van der Waals surface area (Å²) in [6, 6.07) is 45.8. The third kappa shape index (κ3) is 2.89. The molecule has 3 aromatic heterocycles. The molecule has 194 valence electrons. The van der Waals surface area contributed by atoms with E-state index in [0.717, 1.165) is 33.6 Å². The van der Waals surface area contributed by atoms with Gasteiger partial charge >= 0.3 is 0 Å². The summed E-state index contributed by atoms with van der Waals surface area (Å²) in [7, 11) is 0. The maximum atomic E-state index is 5.31. The second-order valence-corrected chi connectivity index (χ2v) is 12.1. The van der Waals surface area contributed by atoms with Crippen LogP contribution in [-0.2, 0) is 0 Å². The first-order valence-electron chi connectivity index (χ1n) is 14.2. The fourth-order valence-corrected chi connectivity index (χ4v) is 8.07. The van der Waals surface area contributed by atoms with Gasteiger partial charge in [0, 0.05) is 42.1 Å². The van der Waals surface area contributed by atoms with Crippen molar-refractivity contribution in [3.8, 4) is 39.3 Å². The molecule has 0 fully saturated rings. The highest BCUT2D eigenvalue weighted by atomic mass is 32.1. The molecule has 10 rings (SSSR count). The zero-order chi connectivity index (χ0) is 27.4. The summed E-state index contributed by atoms with van der Waals surface area (Å²) in [6.07, 6.45) is 0. The topological polar surface area (TPSA) is 30.7 Å². The normalized spacial score (nSPS) is 12.3. The highest BCUT2D eigenvalue weighted by Gasteiger charge is 2.27. The quantitative estimate of drug-likeness (QED) is 0.203. The SMILES string of the molecule is c1ccc2c(c1)-c1nc3ccccc3nc1-n1c3cc(-c4cccc5sc6ccccc6c45)ccc3c3cccc-2c31. The lowest BCUT2D eigenvalue weighted by atomic mass is 9.95. The Morgan fingerprint density at radius 3 is 2.12 bits per heavy atom. The van der Waals surface area contributed by atoms with Crippen LogP contribution in [0.4, 0.5) is 0 Å². The minimum Gasteiger partial charge on any atom is -0.291 e. The predicted molar refractivity (Wildman–Crippen MR) is 177 cm³/mol. The van der Waals surface area contributed by atoms with Crippen molar-refractivity contribution in [1.29, 1.82) is 0 Å². The molecular weight excluding hydrogens is 531 g/mol. The Morgan fingerprint density at radius 2 is 1.19 bits per heavy atom. The van der Waals surface area contributed by atoms with Gasteiger partial charge in [0.15, 0.2) is 5.82 Å². The van der Waals surface area contributed by atoms with E-state index in [9.17, 15) is 0 Å². The fraction of sp³-hybridized carbons (Fsp3) is 0. The van der Waals surface area contributed by atoms with Gasteiger partial charge in [-0.25, -0.2) is 9.97 Å². The summed E-state index contributed by atoms with van der Waals surface area (Å²) in [5.74, 6) is 0.877. The van der Waals surface area contributed by atoms with E-state index in [1.54, 1.807) is 0 Å². The Bertz CT molecular complexity index is 2590. The summed E-state index contributed by atoms with van der Waals surface area (Å²) in [5, 5.41) is 5.08. The molecule has 1 aliphatic rings. The van der Waals surface area contributed by atoms with Crippen LogP contribution in [0.5, 0.6) is 0 Å². The number of thiophene rings is 1. The molecule has 6 aromatic carbocycles. The van der Waals surface area contributed by atoms with Crippen LogP contribution in [0.15, 0.2) is 127 Å². The number of para-hydroxylation sites is 3. The molecular formula is C38H21N3S. The van der Waals surface area contributed by atoms with Crippen LogP contribution in [0.25, 0.3) is 92.3 Å². The number of rotatable bonds is 1. The van der Waals surface area contributed by atoms with E-state index in [-0.39, 0.29) is 0 Å². The third-order valence-corrected chi connectivity index (χ3v) is 9.87. The maximum Gasteiger partial charge on any atom is 0.165 e. The largest absolute Gasteiger partial charge is 0.291 e. The lowest BCUT2D eigenvalue weighted by Gasteiger charge is -2.13. The Balaban J connectivity index is 1.37. The van der Waals surface area contributed by atoms with E-state index < -0.39 is 0 Å². The third-order valence-electron chi connectivity index (χ3n) is 8.74. The highest BCUT2D eigenvalue weighted by Crippen LogP contribution is 2.47. The van der Waals surface area contributed by atoms with Gasteiger partial charge in [0.1, 0.15) is 5.69 Å². The molecule has 0 spiro atoms. The van der Waals surface area contributed by atoms with Crippen LogP contribution >= 0.6 is 11.3 Å². The smallest absolute Gasteiger partial charge is 0.165 e. The summed E-state index contributed by atoms with van der Waals surface area (Å²) in [4.78, 5) is 10.5. The standard InChI is InChI=1S/C38H21N3S/c1-2-10-26-24(9-1)27-13-7-14-28-25-20-19-22(23-12-8-18-34-35(23)29-11-3-6-17-33(29)42-34)21-32(25)41(37(27)28)38-36(26)39-30-15-4-5-16-31(30)40-38/h1-21H. The van der Waals surface area contributed by atoms with Crippen molar-refractivity contribution in [2.24, 2.45) is 0 Å². The molecule has 4 heterocycles. The molecule has 3 nitrogen and oxygen atoms in total. The van der Waals surface area contributed by atoms with E-state index in [1.165, 1.54) is 58.7 Å². The lowest BCUT2D eigenvalue weighted by molar-refractivity contribution is 1.09. The van der Waals surface area contributed by atoms with Crippen LogP contribution < -0.4 is 0 Å². The second-order valence-electron chi connectivity index (χ2n) is 11.0. The first-order chi connectivity index (χ1) is 20.8. The highest BCUT2D eigenvalue weighted by molar-refractivity contribution is 7.25. The molecule has 4 heteroatoms. The average Bonchev–Trinajstić information content (AvgIpc) is 3.56. The number of aromatic nitrogens is 3. The van der Waals surface area contributed by atoms with Gasteiger partial charge < -0.3 is 0 Å². The van der Waals surface area contributed by atoms with Crippen molar-refractivity contribution >= 4 is 64.3 Å². The molecule has 0 atom stereocenters. The van der Waals surface area contributed by atoms with Crippen molar-refractivity contribution in [1.82, 2.24) is 14.5 Å². The molecule has 0 bridgehead atoms. The van der Waals surface area contributed by atoms with E-state index in [0.29, 0.717) is 0 Å². The van der Waals surface area contributed by atoms with E-state index in [4.69, 9.17) is 9.97 Å². The first-order valence-corrected chi connectivity index (χ1v) is 15.0. The predicted octanol–water partition coefficient (Wildman–Crippen LogP) is 10.4. The molecule has 9 aromatic rings. The Hall–Kier alpha value is -5.32. The van der Waals surface area contributed by atoms with Crippen LogP contribution in [0.3, 0.4) is 0 Å². The van der Waals surface area contributed by atoms with Gasteiger partial charge in [-0.15, -0.1) is 11.3 Å². The summed E-state index contributed by atoms with van der Waals surface area (Å²) in [5.41, 5.74) is 11.0. The number of hydrogen-bond acceptors (Lipinski definition) is 3. The Morgan fingerprint density at radius 1 is 0.500 bits per heavy atom. The Kier molecular flexibility index (Phi) is 4.33. The number of fused-ring (bicyclic) bond motifs is 12. The first kappa shape index (κ1) is 22.4. The Labute approximate surface area is 245 Å². The van der Waals surface area contributed by atoms with E-state index in [2.05, 4.69) is 120 Å². The molecule has 0 saturated heterocycles. The van der Waals surface area contributed by atoms with Crippen LogP contribution in [0, 0.1) is 0 Å². The average molecular weight is 552 g/mol. The van der Waals surface area contributed by atoms with Gasteiger partial charge in [-0.2, -0.15) is 0 Å². The molecule has 0 amide bonds. The summed E-state index contributed by atoms with van der Waals surface area (Å²) >= 11 is 1.86. The lowest BCUT2D eigenvalue weighted by Crippen LogP contribution is -2.02. The molecule has 0 radical (unpaired) electrons. The van der Waals surface area contributed by atoms with Crippen molar-refractivity contribution in [3.05, 3.63) is 127 Å². The zero-order valence-electron chi connectivity index (χ0n) is 22.4. The van der Waals surface area contributed by atoms with Crippen molar-refractivity contribution in [3.63, 3.8) is 0 Å². The second kappa shape index (κ2) is 8.12. The van der Waals surface area contributed by atoms with Crippen molar-refractivity contribution in [2.45, 2.75) is 0 Å². The minimum absolute atomic E-state index is 0.877. The zero-order valence-corrected chi connectivity index (χ0v) is 23.2. The summed E-state index contributed by atoms with van der Waals surface area (Å²) < 4.78 is 5.00. The molecule has 42 heavy (non-hydrogen) atoms. The van der Waals surface area contributed by atoms with E-state index >= 15 is 0 Å². The van der Waals surface area contributed by atoms with Gasteiger partial charge in [0.2, 0.25) is 0 Å². The van der Waals surface area contributed by atoms with Crippen LogP contribution in [0.1, 0.15) is 0 Å². The van der Waals surface area contributed by atoms with Gasteiger partial charge in [0.25, 0.3) is 0 Å². The monoisotopic (exact) mass is 551 g/mol. The maximum absolute atomic E-state index is 5.31. The van der Waals surface area contributed by atoms with Crippen molar-refractivity contribution in [2.75, 3.05) is 0 Å². The molecule has 0 unspecified atom stereocenters. The van der Waals surface area contributed by atoms with Gasteiger partial charge in [-0.3, -0.25) is 4.57 Å². The van der Waals surface area contributed by atoms with Gasteiger partial charge in [-0.1, -0.05) is 97.1 Å². The number of benzene rings is 6.